The molecule has 0 aromatic carbocycles. The third kappa shape index (κ3) is 7.01. The summed E-state index contributed by atoms with van der Waals surface area (Å²) in [5.41, 5.74) is 0. The van der Waals surface area contributed by atoms with Gasteiger partial charge in [-0.25, -0.2) is 0 Å². The Morgan fingerprint density at radius 1 is 0.778 bits per heavy atom. The van der Waals surface area contributed by atoms with Gasteiger partial charge in [-0.15, -0.1) is 0 Å². The molecule has 4 nitrogen and oxygen atoms in total. The molecule has 0 aliphatic rings. The van der Waals surface area contributed by atoms with Crippen molar-refractivity contribution in [2.75, 3.05) is 26.4 Å². The molecular weight excluding hydrogens is 264 g/mol. The van der Waals surface area contributed by atoms with Gasteiger partial charge in [0.2, 0.25) is 0 Å². The van der Waals surface area contributed by atoms with Gasteiger partial charge >= 0.3 is 8.80 Å². The minimum atomic E-state index is -2.45. The third-order valence-corrected chi connectivity index (χ3v) is 9.03. The average Bonchev–Trinajstić information content (AvgIpc) is 2.35. The van der Waals surface area contributed by atoms with Crippen LogP contribution in [0.2, 0.25) is 18.1 Å². The minimum Gasteiger partial charge on any atom is -0.420 e. The molecule has 0 aliphatic carbocycles. The molecule has 0 radical (unpaired) electrons. The van der Waals surface area contributed by atoms with Gasteiger partial charge in [0.05, 0.1) is 0 Å². The minimum absolute atomic E-state index is 0.652. The molecule has 0 aromatic heterocycles. The molecule has 6 heteroatoms. The largest absolute Gasteiger partial charge is 0.500 e. The predicted molar refractivity (Wildman–Crippen MR) is 79.5 cm³/mol. The lowest BCUT2D eigenvalue weighted by Gasteiger charge is -2.29. The zero-order valence-electron chi connectivity index (χ0n) is 12.7. The van der Waals surface area contributed by atoms with Gasteiger partial charge in [-0.2, -0.15) is 0 Å². The second kappa shape index (κ2) is 11.1. The normalized spacial score (nSPS) is 13.8. The fourth-order valence-corrected chi connectivity index (χ4v) is 7.97. The van der Waals surface area contributed by atoms with Gasteiger partial charge in [0, 0.05) is 32.5 Å². The molecule has 0 rings (SSSR count). The fourth-order valence-electron chi connectivity index (χ4n) is 1.98. The van der Waals surface area contributed by atoms with Crippen LogP contribution in [-0.2, 0) is 17.7 Å². The molecule has 0 amide bonds. The highest BCUT2D eigenvalue weighted by Gasteiger charge is 2.40. The van der Waals surface area contributed by atoms with Crippen molar-refractivity contribution in [3.8, 4) is 0 Å². The number of rotatable bonds is 12. The van der Waals surface area contributed by atoms with Gasteiger partial charge in [-0.05, 0) is 39.8 Å². The second-order valence-electron chi connectivity index (χ2n) is 4.01. The summed E-state index contributed by atoms with van der Waals surface area (Å²) in [4.78, 5) is 0. The Bertz CT molecular complexity index is 176. The number of hydrogen-bond acceptors (Lipinski definition) is 4. The van der Waals surface area contributed by atoms with Gasteiger partial charge in [0.25, 0.3) is 0 Å². The van der Waals surface area contributed by atoms with E-state index in [0.29, 0.717) is 19.8 Å². The van der Waals surface area contributed by atoms with Crippen LogP contribution in [0.25, 0.3) is 0 Å². The van der Waals surface area contributed by atoms with Crippen LogP contribution in [0.1, 0.15) is 34.6 Å². The van der Waals surface area contributed by atoms with Gasteiger partial charge in [0.15, 0.2) is 9.04 Å². The van der Waals surface area contributed by atoms with E-state index in [1.807, 2.05) is 20.8 Å². The van der Waals surface area contributed by atoms with E-state index in [-0.39, 0.29) is 0 Å². The molecule has 0 spiro atoms. The molecule has 0 aromatic rings. The summed E-state index contributed by atoms with van der Waals surface area (Å²) >= 11 is 0. The monoisotopic (exact) mass is 294 g/mol. The van der Waals surface area contributed by atoms with Crippen molar-refractivity contribution in [3.63, 3.8) is 0 Å². The van der Waals surface area contributed by atoms with Gasteiger partial charge in [-0.3, -0.25) is 0 Å². The summed E-state index contributed by atoms with van der Waals surface area (Å²) in [5, 5.41) is 0. The summed E-state index contributed by atoms with van der Waals surface area (Å²) in [6.07, 6.45) is 0. The molecular formula is C12H30O4Si2. The summed E-state index contributed by atoms with van der Waals surface area (Å²) in [6.45, 7) is 13.0. The van der Waals surface area contributed by atoms with Crippen LogP contribution in [0.4, 0.5) is 0 Å². The van der Waals surface area contributed by atoms with E-state index in [2.05, 4.69) is 13.8 Å². The maximum absolute atomic E-state index is 5.84. The summed E-state index contributed by atoms with van der Waals surface area (Å²) in [7, 11) is -3.54. The lowest BCUT2D eigenvalue weighted by Crippen LogP contribution is -2.46. The lowest BCUT2D eigenvalue weighted by molar-refractivity contribution is 0.0722. The van der Waals surface area contributed by atoms with E-state index in [1.165, 1.54) is 0 Å². The maximum Gasteiger partial charge on any atom is 0.500 e. The molecule has 1 unspecified atom stereocenters. The van der Waals surface area contributed by atoms with Crippen molar-refractivity contribution in [1.82, 2.24) is 0 Å². The Morgan fingerprint density at radius 2 is 1.28 bits per heavy atom. The van der Waals surface area contributed by atoms with Crippen molar-refractivity contribution >= 4 is 17.8 Å². The molecule has 0 aliphatic heterocycles. The van der Waals surface area contributed by atoms with Crippen LogP contribution in [0, 0.1) is 0 Å². The van der Waals surface area contributed by atoms with Crippen LogP contribution in [0.15, 0.2) is 0 Å². The van der Waals surface area contributed by atoms with Crippen molar-refractivity contribution in [2.24, 2.45) is 0 Å². The summed E-state index contributed by atoms with van der Waals surface area (Å²) in [5.74, 6) is 0. The van der Waals surface area contributed by atoms with Gasteiger partial charge in [0.1, 0.15) is 0 Å². The highest BCUT2D eigenvalue weighted by molar-refractivity contribution is 6.63. The average molecular weight is 295 g/mol. The Kier molecular flexibility index (Phi) is 11.3. The Hall–Kier alpha value is 0.274. The van der Waals surface area contributed by atoms with Crippen LogP contribution in [-0.4, -0.2) is 44.3 Å². The van der Waals surface area contributed by atoms with Crippen LogP contribution >= 0.6 is 0 Å². The zero-order chi connectivity index (χ0) is 13.9. The third-order valence-electron chi connectivity index (χ3n) is 2.72. The zero-order valence-corrected chi connectivity index (χ0v) is 14.8. The van der Waals surface area contributed by atoms with E-state index in [0.717, 1.165) is 24.7 Å². The van der Waals surface area contributed by atoms with E-state index in [1.54, 1.807) is 0 Å². The van der Waals surface area contributed by atoms with Crippen molar-refractivity contribution in [1.29, 1.82) is 0 Å². The fraction of sp³-hybridized carbons (Fsp3) is 1.00. The molecule has 0 bridgehead atoms. The SMILES string of the molecule is CCO[SiH](CC)CC[Si](OCC)(OCC)OCC. The predicted octanol–water partition coefficient (Wildman–Crippen LogP) is 2.82. The van der Waals surface area contributed by atoms with Gasteiger partial charge < -0.3 is 17.7 Å². The first-order valence-electron chi connectivity index (χ1n) is 7.21. The molecule has 0 saturated carbocycles. The van der Waals surface area contributed by atoms with Crippen LogP contribution in [0.5, 0.6) is 0 Å². The molecule has 0 saturated heterocycles. The maximum atomic E-state index is 5.84. The Labute approximate surface area is 115 Å². The molecule has 0 N–H and O–H groups in total. The molecule has 0 heterocycles. The molecule has 18 heavy (non-hydrogen) atoms. The first-order chi connectivity index (χ1) is 8.67. The highest BCUT2D eigenvalue weighted by atomic mass is 28.4. The van der Waals surface area contributed by atoms with Crippen molar-refractivity contribution < 1.29 is 17.7 Å². The first kappa shape index (κ1) is 18.3. The smallest absolute Gasteiger partial charge is 0.420 e. The van der Waals surface area contributed by atoms with E-state index in [4.69, 9.17) is 17.7 Å². The standard InChI is InChI=1S/C12H30O4Si2/c1-6-13-17(10-5)11-12-18(14-7-2,15-8-3)16-9-4/h17H,6-12H2,1-5H3. The van der Waals surface area contributed by atoms with E-state index in [9.17, 15) is 0 Å². The number of hydrogen-bond donors (Lipinski definition) is 0. The van der Waals surface area contributed by atoms with E-state index >= 15 is 0 Å². The Balaban J connectivity index is 4.43. The quantitative estimate of drug-likeness (QED) is 0.519. The van der Waals surface area contributed by atoms with Crippen LogP contribution in [0.3, 0.4) is 0 Å². The summed E-state index contributed by atoms with van der Waals surface area (Å²) < 4.78 is 23.3. The molecule has 0 fully saturated rings. The van der Waals surface area contributed by atoms with Crippen molar-refractivity contribution in [2.45, 2.75) is 52.8 Å². The highest BCUT2D eigenvalue weighted by Crippen LogP contribution is 2.21. The topological polar surface area (TPSA) is 36.9 Å². The van der Waals surface area contributed by atoms with Crippen LogP contribution < -0.4 is 0 Å². The van der Waals surface area contributed by atoms with E-state index < -0.39 is 17.8 Å². The molecule has 110 valence electrons. The lowest BCUT2D eigenvalue weighted by atomic mass is 10.9. The Morgan fingerprint density at radius 3 is 1.61 bits per heavy atom. The summed E-state index contributed by atoms with van der Waals surface area (Å²) in [6, 6.07) is 3.13. The first-order valence-corrected chi connectivity index (χ1v) is 11.2. The molecule has 1 atom stereocenters. The van der Waals surface area contributed by atoms with Gasteiger partial charge in [-0.1, -0.05) is 6.92 Å². The van der Waals surface area contributed by atoms with Crippen molar-refractivity contribution in [3.05, 3.63) is 0 Å². The second-order valence-corrected chi connectivity index (χ2v) is 9.71.